The standard InChI is InChI=1S/C16H15BrO3/c1-2-19-16(18)15(17)12-8-10-14(11-9-12)20-13-6-4-3-5-7-13/h3-11,15H,2H2,1H3. The van der Waals surface area contributed by atoms with Gasteiger partial charge in [-0.05, 0) is 36.8 Å². The molecule has 0 spiro atoms. The molecule has 0 amide bonds. The zero-order valence-electron chi connectivity index (χ0n) is 11.1. The summed E-state index contributed by atoms with van der Waals surface area (Å²) < 4.78 is 10.7. The Morgan fingerprint density at radius 3 is 2.25 bits per heavy atom. The van der Waals surface area contributed by atoms with Gasteiger partial charge in [0.25, 0.3) is 0 Å². The van der Waals surface area contributed by atoms with Crippen LogP contribution in [0.25, 0.3) is 0 Å². The lowest BCUT2D eigenvalue weighted by molar-refractivity contribution is -0.142. The molecule has 2 aromatic rings. The highest BCUT2D eigenvalue weighted by molar-refractivity contribution is 9.09. The van der Waals surface area contributed by atoms with Gasteiger partial charge in [-0.1, -0.05) is 46.3 Å². The van der Waals surface area contributed by atoms with Crippen molar-refractivity contribution in [2.75, 3.05) is 6.61 Å². The van der Waals surface area contributed by atoms with Gasteiger partial charge in [-0.25, -0.2) is 0 Å². The van der Waals surface area contributed by atoms with Crippen molar-refractivity contribution in [1.29, 1.82) is 0 Å². The first-order chi connectivity index (χ1) is 9.70. The summed E-state index contributed by atoms with van der Waals surface area (Å²) in [7, 11) is 0. The van der Waals surface area contributed by atoms with Crippen molar-refractivity contribution in [2.24, 2.45) is 0 Å². The molecule has 0 aliphatic rings. The van der Waals surface area contributed by atoms with Crippen LogP contribution >= 0.6 is 15.9 Å². The lowest BCUT2D eigenvalue weighted by atomic mass is 10.1. The van der Waals surface area contributed by atoms with E-state index >= 15 is 0 Å². The lowest BCUT2D eigenvalue weighted by Gasteiger charge is -2.10. The summed E-state index contributed by atoms with van der Waals surface area (Å²) in [5.41, 5.74) is 0.837. The Bertz CT molecular complexity index is 552. The molecule has 0 bridgehead atoms. The quantitative estimate of drug-likeness (QED) is 0.597. The number of hydrogen-bond acceptors (Lipinski definition) is 3. The molecule has 0 aromatic heterocycles. The van der Waals surface area contributed by atoms with E-state index in [1.807, 2.05) is 54.6 Å². The third kappa shape index (κ3) is 3.84. The molecule has 0 heterocycles. The number of rotatable bonds is 5. The summed E-state index contributed by atoms with van der Waals surface area (Å²) in [6, 6.07) is 16.9. The van der Waals surface area contributed by atoms with Crippen LogP contribution < -0.4 is 4.74 Å². The molecule has 0 saturated heterocycles. The molecule has 0 aliphatic carbocycles. The molecule has 2 aromatic carbocycles. The van der Waals surface area contributed by atoms with Crippen LogP contribution in [-0.4, -0.2) is 12.6 Å². The molecular formula is C16H15BrO3. The summed E-state index contributed by atoms with van der Waals surface area (Å²) in [4.78, 5) is 11.2. The van der Waals surface area contributed by atoms with Crippen molar-refractivity contribution in [1.82, 2.24) is 0 Å². The third-order valence-corrected chi connectivity index (χ3v) is 3.55. The van der Waals surface area contributed by atoms with Gasteiger partial charge in [0.2, 0.25) is 0 Å². The second-order valence-electron chi connectivity index (χ2n) is 4.10. The number of carbonyl (C=O) groups is 1. The number of hydrogen-bond donors (Lipinski definition) is 0. The molecule has 4 heteroatoms. The number of esters is 1. The van der Waals surface area contributed by atoms with E-state index in [2.05, 4.69) is 15.9 Å². The minimum atomic E-state index is -0.451. The molecule has 0 N–H and O–H groups in total. The van der Waals surface area contributed by atoms with E-state index in [4.69, 9.17) is 9.47 Å². The minimum absolute atomic E-state index is 0.288. The molecule has 1 atom stereocenters. The second-order valence-corrected chi connectivity index (χ2v) is 5.01. The Kier molecular flexibility index (Phi) is 5.18. The average Bonchev–Trinajstić information content (AvgIpc) is 2.48. The van der Waals surface area contributed by atoms with E-state index in [9.17, 15) is 4.79 Å². The number of benzene rings is 2. The Hall–Kier alpha value is -1.81. The van der Waals surface area contributed by atoms with E-state index < -0.39 is 4.83 Å². The van der Waals surface area contributed by atoms with Crippen molar-refractivity contribution in [3.8, 4) is 11.5 Å². The Balaban J connectivity index is 2.04. The van der Waals surface area contributed by atoms with Gasteiger partial charge < -0.3 is 9.47 Å². The highest BCUT2D eigenvalue weighted by Gasteiger charge is 2.18. The van der Waals surface area contributed by atoms with E-state index in [1.165, 1.54) is 0 Å². The zero-order valence-corrected chi connectivity index (χ0v) is 12.7. The van der Waals surface area contributed by atoms with Crippen molar-refractivity contribution in [2.45, 2.75) is 11.8 Å². The van der Waals surface area contributed by atoms with Gasteiger partial charge in [-0.3, -0.25) is 4.79 Å². The number of para-hydroxylation sites is 1. The Morgan fingerprint density at radius 2 is 1.65 bits per heavy atom. The predicted octanol–water partition coefficient (Wildman–Crippen LogP) is 4.48. The normalized spacial score (nSPS) is 11.7. The summed E-state index contributed by atoms with van der Waals surface area (Å²) in [6.45, 7) is 2.16. The Morgan fingerprint density at radius 1 is 1.05 bits per heavy atom. The van der Waals surface area contributed by atoms with Gasteiger partial charge in [0, 0.05) is 0 Å². The maximum Gasteiger partial charge on any atom is 0.324 e. The topological polar surface area (TPSA) is 35.5 Å². The molecule has 1 unspecified atom stereocenters. The molecule has 104 valence electrons. The molecule has 0 fully saturated rings. The maximum atomic E-state index is 11.6. The average molecular weight is 335 g/mol. The van der Waals surface area contributed by atoms with Crippen molar-refractivity contribution in [3.05, 3.63) is 60.2 Å². The molecule has 20 heavy (non-hydrogen) atoms. The van der Waals surface area contributed by atoms with Crippen molar-refractivity contribution >= 4 is 21.9 Å². The van der Waals surface area contributed by atoms with Crippen molar-refractivity contribution in [3.63, 3.8) is 0 Å². The molecule has 0 saturated carbocycles. The number of alkyl halides is 1. The van der Waals surface area contributed by atoms with Crippen LogP contribution in [0, 0.1) is 0 Å². The van der Waals surface area contributed by atoms with Crippen LogP contribution in [0.3, 0.4) is 0 Å². The molecule has 3 nitrogen and oxygen atoms in total. The van der Waals surface area contributed by atoms with Gasteiger partial charge >= 0.3 is 5.97 Å². The number of carbonyl (C=O) groups excluding carboxylic acids is 1. The zero-order chi connectivity index (χ0) is 14.4. The highest BCUT2D eigenvalue weighted by atomic mass is 79.9. The van der Waals surface area contributed by atoms with Gasteiger partial charge in [0.05, 0.1) is 6.61 Å². The van der Waals surface area contributed by atoms with Crippen LogP contribution in [0.5, 0.6) is 11.5 Å². The van der Waals surface area contributed by atoms with E-state index in [0.717, 1.165) is 17.1 Å². The van der Waals surface area contributed by atoms with Gasteiger partial charge in [-0.15, -0.1) is 0 Å². The van der Waals surface area contributed by atoms with Gasteiger partial charge in [0.1, 0.15) is 16.3 Å². The summed E-state index contributed by atoms with van der Waals surface area (Å²) in [5, 5.41) is 0. The number of ether oxygens (including phenoxy) is 2. The van der Waals surface area contributed by atoms with E-state index in [1.54, 1.807) is 6.92 Å². The third-order valence-electron chi connectivity index (χ3n) is 2.65. The fourth-order valence-electron chi connectivity index (χ4n) is 1.68. The first kappa shape index (κ1) is 14.6. The van der Waals surface area contributed by atoms with Crippen molar-refractivity contribution < 1.29 is 14.3 Å². The van der Waals surface area contributed by atoms with Crippen LogP contribution in [0.2, 0.25) is 0 Å². The van der Waals surface area contributed by atoms with Crippen LogP contribution in [0.15, 0.2) is 54.6 Å². The monoisotopic (exact) mass is 334 g/mol. The fourth-order valence-corrected chi connectivity index (χ4v) is 2.12. The molecule has 2 rings (SSSR count). The van der Waals surface area contributed by atoms with Gasteiger partial charge in [-0.2, -0.15) is 0 Å². The van der Waals surface area contributed by atoms with E-state index in [0.29, 0.717) is 6.61 Å². The maximum absolute atomic E-state index is 11.6. The summed E-state index contributed by atoms with van der Waals surface area (Å²) in [5.74, 6) is 1.22. The first-order valence-corrected chi connectivity index (χ1v) is 7.26. The summed E-state index contributed by atoms with van der Waals surface area (Å²) >= 11 is 3.33. The van der Waals surface area contributed by atoms with Gasteiger partial charge in [0.15, 0.2) is 0 Å². The Labute approximate surface area is 126 Å². The predicted molar refractivity (Wildman–Crippen MR) is 81.3 cm³/mol. The molecule has 0 radical (unpaired) electrons. The first-order valence-electron chi connectivity index (χ1n) is 6.34. The van der Waals surface area contributed by atoms with E-state index in [-0.39, 0.29) is 5.97 Å². The summed E-state index contributed by atoms with van der Waals surface area (Å²) in [6.07, 6.45) is 0. The highest BCUT2D eigenvalue weighted by Crippen LogP contribution is 2.27. The molecular weight excluding hydrogens is 320 g/mol. The van der Waals surface area contributed by atoms with Crippen LogP contribution in [0.4, 0.5) is 0 Å². The fraction of sp³-hybridized carbons (Fsp3) is 0.188. The second kappa shape index (κ2) is 7.10. The lowest BCUT2D eigenvalue weighted by Crippen LogP contribution is -2.10. The van der Waals surface area contributed by atoms with Crippen LogP contribution in [-0.2, 0) is 9.53 Å². The minimum Gasteiger partial charge on any atom is -0.465 e. The number of halogens is 1. The molecule has 0 aliphatic heterocycles. The largest absolute Gasteiger partial charge is 0.465 e. The SMILES string of the molecule is CCOC(=O)C(Br)c1ccc(Oc2ccccc2)cc1. The smallest absolute Gasteiger partial charge is 0.324 e. The van der Waals surface area contributed by atoms with Crippen LogP contribution in [0.1, 0.15) is 17.3 Å².